The first kappa shape index (κ1) is 11.0. The average molecular weight is 187 g/mol. The highest BCUT2D eigenvalue weighted by atomic mass is 16.5. The topological polar surface area (TPSA) is 30.5 Å². The molecule has 1 unspecified atom stereocenters. The molecule has 1 aliphatic heterocycles. The van der Waals surface area contributed by atoms with Gasteiger partial charge in [-0.05, 0) is 39.3 Å². The molecule has 0 aromatic carbocycles. The molecule has 1 atom stereocenters. The van der Waals surface area contributed by atoms with E-state index in [1.165, 1.54) is 19.3 Å². The van der Waals surface area contributed by atoms with Gasteiger partial charge >= 0.3 is 0 Å². The summed E-state index contributed by atoms with van der Waals surface area (Å²) < 4.78 is 11.0. The summed E-state index contributed by atoms with van der Waals surface area (Å²) in [7, 11) is 1.98. The van der Waals surface area contributed by atoms with E-state index in [0.29, 0.717) is 6.10 Å². The van der Waals surface area contributed by atoms with Crippen molar-refractivity contribution >= 4 is 0 Å². The minimum absolute atomic E-state index is 0.379. The van der Waals surface area contributed by atoms with Crippen molar-refractivity contribution in [1.82, 2.24) is 5.32 Å². The Hall–Kier alpha value is -0.120. The van der Waals surface area contributed by atoms with Crippen LogP contribution in [0.15, 0.2) is 0 Å². The second-order valence-corrected chi connectivity index (χ2v) is 3.52. The SMILES string of the molecule is CNCCCCOCC1CCCO1. The summed E-state index contributed by atoms with van der Waals surface area (Å²) in [6.07, 6.45) is 5.10. The number of unbranched alkanes of at least 4 members (excludes halogenated alkanes) is 1. The third-order valence-electron chi connectivity index (χ3n) is 2.29. The van der Waals surface area contributed by atoms with Crippen molar-refractivity contribution in [1.29, 1.82) is 0 Å². The van der Waals surface area contributed by atoms with Crippen LogP contribution in [0.3, 0.4) is 0 Å². The predicted octanol–water partition coefficient (Wildman–Crippen LogP) is 1.18. The minimum Gasteiger partial charge on any atom is -0.379 e. The number of ether oxygens (including phenoxy) is 2. The van der Waals surface area contributed by atoms with Crippen LogP contribution in [0.5, 0.6) is 0 Å². The predicted molar refractivity (Wildman–Crippen MR) is 53.0 cm³/mol. The Morgan fingerprint density at radius 3 is 3.08 bits per heavy atom. The zero-order valence-electron chi connectivity index (χ0n) is 8.55. The van der Waals surface area contributed by atoms with E-state index in [1.807, 2.05) is 7.05 Å². The third kappa shape index (κ3) is 5.24. The molecule has 0 bridgehead atoms. The van der Waals surface area contributed by atoms with Crippen LogP contribution in [0.2, 0.25) is 0 Å². The molecule has 0 amide bonds. The van der Waals surface area contributed by atoms with E-state index in [0.717, 1.165) is 32.8 Å². The molecule has 3 nitrogen and oxygen atoms in total. The van der Waals surface area contributed by atoms with E-state index in [-0.39, 0.29) is 0 Å². The Balaban J connectivity index is 1.78. The van der Waals surface area contributed by atoms with E-state index >= 15 is 0 Å². The Morgan fingerprint density at radius 2 is 2.38 bits per heavy atom. The Labute approximate surface area is 80.8 Å². The Morgan fingerprint density at radius 1 is 1.46 bits per heavy atom. The summed E-state index contributed by atoms with van der Waals surface area (Å²) >= 11 is 0. The fourth-order valence-corrected chi connectivity index (χ4v) is 1.50. The van der Waals surface area contributed by atoms with E-state index < -0.39 is 0 Å². The van der Waals surface area contributed by atoms with Gasteiger partial charge in [0, 0.05) is 13.2 Å². The summed E-state index contributed by atoms with van der Waals surface area (Å²) in [6, 6.07) is 0. The van der Waals surface area contributed by atoms with Gasteiger partial charge in [-0.15, -0.1) is 0 Å². The molecule has 1 fully saturated rings. The van der Waals surface area contributed by atoms with Gasteiger partial charge in [0.2, 0.25) is 0 Å². The zero-order chi connectivity index (χ0) is 9.36. The van der Waals surface area contributed by atoms with Crippen molar-refractivity contribution in [2.45, 2.75) is 31.8 Å². The lowest BCUT2D eigenvalue weighted by Crippen LogP contribution is -2.15. The summed E-state index contributed by atoms with van der Waals surface area (Å²) in [4.78, 5) is 0. The molecular weight excluding hydrogens is 166 g/mol. The summed E-state index contributed by atoms with van der Waals surface area (Å²) in [5, 5.41) is 3.12. The lowest BCUT2D eigenvalue weighted by Gasteiger charge is -2.09. The maximum absolute atomic E-state index is 5.51. The van der Waals surface area contributed by atoms with Gasteiger partial charge in [0.25, 0.3) is 0 Å². The first-order valence-corrected chi connectivity index (χ1v) is 5.27. The second kappa shape index (κ2) is 7.30. The quantitative estimate of drug-likeness (QED) is 0.607. The molecule has 3 heteroatoms. The minimum atomic E-state index is 0.379. The fraction of sp³-hybridized carbons (Fsp3) is 1.00. The molecule has 1 aliphatic rings. The smallest absolute Gasteiger partial charge is 0.0809 e. The molecule has 1 N–H and O–H groups in total. The van der Waals surface area contributed by atoms with Crippen molar-refractivity contribution in [3.8, 4) is 0 Å². The maximum Gasteiger partial charge on any atom is 0.0809 e. The van der Waals surface area contributed by atoms with Gasteiger partial charge in [0.1, 0.15) is 0 Å². The van der Waals surface area contributed by atoms with Crippen LogP contribution < -0.4 is 5.32 Å². The average Bonchev–Trinajstić information content (AvgIpc) is 2.63. The molecule has 0 saturated carbocycles. The molecule has 0 spiro atoms. The van der Waals surface area contributed by atoms with E-state index in [9.17, 15) is 0 Å². The number of rotatable bonds is 7. The molecule has 1 saturated heterocycles. The van der Waals surface area contributed by atoms with Crippen molar-refractivity contribution < 1.29 is 9.47 Å². The van der Waals surface area contributed by atoms with Gasteiger partial charge in [-0.1, -0.05) is 0 Å². The van der Waals surface area contributed by atoms with Crippen molar-refractivity contribution in [2.24, 2.45) is 0 Å². The van der Waals surface area contributed by atoms with Crippen LogP contribution in [0.25, 0.3) is 0 Å². The highest BCUT2D eigenvalue weighted by Crippen LogP contribution is 2.11. The summed E-state index contributed by atoms with van der Waals surface area (Å²) in [6.45, 7) is 3.68. The van der Waals surface area contributed by atoms with Gasteiger partial charge in [-0.2, -0.15) is 0 Å². The van der Waals surface area contributed by atoms with Crippen molar-refractivity contribution in [3.63, 3.8) is 0 Å². The van der Waals surface area contributed by atoms with Crippen LogP contribution in [0.4, 0.5) is 0 Å². The molecule has 78 valence electrons. The lowest BCUT2D eigenvalue weighted by molar-refractivity contribution is 0.0162. The van der Waals surface area contributed by atoms with Gasteiger partial charge < -0.3 is 14.8 Å². The molecule has 0 aromatic heterocycles. The standard InChI is InChI=1S/C10H21NO2/c1-11-6-2-3-7-12-9-10-5-4-8-13-10/h10-11H,2-9H2,1H3. The third-order valence-corrected chi connectivity index (χ3v) is 2.29. The molecule has 1 rings (SSSR count). The number of nitrogens with one attached hydrogen (secondary N) is 1. The van der Waals surface area contributed by atoms with Crippen LogP contribution in [-0.2, 0) is 9.47 Å². The van der Waals surface area contributed by atoms with Gasteiger partial charge in [0.15, 0.2) is 0 Å². The number of hydrogen-bond donors (Lipinski definition) is 1. The normalized spacial score (nSPS) is 22.4. The van der Waals surface area contributed by atoms with Crippen LogP contribution in [0, 0.1) is 0 Å². The monoisotopic (exact) mass is 187 g/mol. The molecule has 0 aliphatic carbocycles. The van der Waals surface area contributed by atoms with E-state index in [2.05, 4.69) is 5.32 Å². The molecular formula is C10H21NO2. The van der Waals surface area contributed by atoms with Crippen molar-refractivity contribution in [3.05, 3.63) is 0 Å². The summed E-state index contributed by atoms with van der Waals surface area (Å²) in [5.74, 6) is 0. The highest BCUT2D eigenvalue weighted by molar-refractivity contribution is 4.63. The Kier molecular flexibility index (Phi) is 6.15. The fourth-order valence-electron chi connectivity index (χ4n) is 1.50. The van der Waals surface area contributed by atoms with Crippen molar-refractivity contribution in [2.75, 3.05) is 33.4 Å². The van der Waals surface area contributed by atoms with Crippen LogP contribution in [-0.4, -0.2) is 39.5 Å². The highest BCUT2D eigenvalue weighted by Gasteiger charge is 2.14. The van der Waals surface area contributed by atoms with Crippen LogP contribution in [0.1, 0.15) is 25.7 Å². The first-order valence-electron chi connectivity index (χ1n) is 5.27. The number of hydrogen-bond acceptors (Lipinski definition) is 3. The van der Waals surface area contributed by atoms with Gasteiger partial charge in [-0.25, -0.2) is 0 Å². The zero-order valence-corrected chi connectivity index (χ0v) is 8.55. The van der Waals surface area contributed by atoms with Gasteiger partial charge in [-0.3, -0.25) is 0 Å². The van der Waals surface area contributed by atoms with Crippen LogP contribution >= 0.6 is 0 Å². The molecule has 1 heterocycles. The van der Waals surface area contributed by atoms with E-state index in [1.54, 1.807) is 0 Å². The molecule has 0 aromatic rings. The first-order chi connectivity index (χ1) is 6.43. The van der Waals surface area contributed by atoms with E-state index in [4.69, 9.17) is 9.47 Å². The van der Waals surface area contributed by atoms with Gasteiger partial charge in [0.05, 0.1) is 12.7 Å². The molecule has 13 heavy (non-hydrogen) atoms. The molecule has 0 radical (unpaired) electrons. The largest absolute Gasteiger partial charge is 0.379 e. The lowest BCUT2D eigenvalue weighted by atomic mass is 10.2. The second-order valence-electron chi connectivity index (χ2n) is 3.52. The Bertz CT molecular complexity index is 113. The maximum atomic E-state index is 5.51. The summed E-state index contributed by atoms with van der Waals surface area (Å²) in [5.41, 5.74) is 0.